The Morgan fingerprint density at radius 2 is 1.85 bits per heavy atom. The molecule has 200 valence electrons. The molecule has 2 heterocycles. The van der Waals surface area contributed by atoms with E-state index in [2.05, 4.69) is 15.3 Å². The molecule has 12 heteroatoms. The molecule has 2 N–H and O–H groups in total. The number of halogens is 2. The zero-order valence-corrected chi connectivity index (χ0v) is 21.2. The lowest BCUT2D eigenvalue weighted by molar-refractivity contribution is -0.138. The van der Waals surface area contributed by atoms with Crippen LogP contribution >= 0.6 is 11.6 Å². The topological polar surface area (TPSA) is 128 Å². The molecule has 2 atom stereocenters. The quantitative estimate of drug-likeness (QED) is 0.300. The van der Waals surface area contributed by atoms with E-state index >= 15 is 0 Å². The Bertz CT molecular complexity index is 1620. The standard InChI is InChI=1S/C27H23ClFN5O5/c28-19-5-3-16(4-6-19)14-33-25(32-26(37)34(27(33)38)15-18-12-22(18)24(35)36)31-20-7-9-21(10-8-20)39-23-17(13-29)2-1-11-30-23/h1-11,18,22H,12-15H2,(H,35,36)(H,31,32,37)/t18-,22+/m1/s1. The van der Waals surface area contributed by atoms with E-state index in [-0.39, 0.29) is 30.8 Å². The molecule has 1 aliphatic rings. The molecule has 0 saturated heterocycles. The summed E-state index contributed by atoms with van der Waals surface area (Å²) in [4.78, 5) is 45.7. The van der Waals surface area contributed by atoms with Crippen molar-refractivity contribution in [1.29, 1.82) is 0 Å². The number of pyridine rings is 1. The number of aromatic nitrogens is 4. The fraction of sp³-hybridized carbons (Fsp3) is 0.222. The van der Waals surface area contributed by atoms with Gasteiger partial charge in [-0.05, 0) is 66.4 Å². The van der Waals surface area contributed by atoms with E-state index in [9.17, 15) is 23.9 Å². The molecule has 1 aliphatic carbocycles. The van der Waals surface area contributed by atoms with Gasteiger partial charge in [-0.1, -0.05) is 23.7 Å². The van der Waals surface area contributed by atoms with Crippen LogP contribution in [0.25, 0.3) is 0 Å². The van der Waals surface area contributed by atoms with Crippen LogP contribution in [0.1, 0.15) is 17.5 Å². The van der Waals surface area contributed by atoms with Gasteiger partial charge >= 0.3 is 17.3 Å². The highest BCUT2D eigenvalue weighted by atomic mass is 35.5. The maximum Gasteiger partial charge on any atom is 0.354 e. The minimum atomic E-state index is -0.947. The number of ether oxygens (including phenoxy) is 1. The maximum absolute atomic E-state index is 13.4. The highest BCUT2D eigenvalue weighted by Crippen LogP contribution is 2.39. The average Bonchev–Trinajstić information content (AvgIpc) is 3.71. The molecular formula is C27H23ClFN5O5. The van der Waals surface area contributed by atoms with E-state index in [0.29, 0.717) is 28.4 Å². The lowest BCUT2D eigenvalue weighted by Crippen LogP contribution is -2.43. The summed E-state index contributed by atoms with van der Waals surface area (Å²) >= 11 is 6.00. The van der Waals surface area contributed by atoms with Gasteiger partial charge in [-0.25, -0.2) is 23.5 Å². The first-order chi connectivity index (χ1) is 18.8. The molecule has 2 aromatic carbocycles. The summed E-state index contributed by atoms with van der Waals surface area (Å²) in [6, 6.07) is 16.6. The summed E-state index contributed by atoms with van der Waals surface area (Å²) in [5, 5.41) is 12.8. The number of anilines is 2. The molecule has 4 aromatic rings. The SMILES string of the molecule is O=C(O)[C@H]1C[C@@H]1Cn1c(=O)nc(Nc2ccc(Oc3ncccc3CF)cc2)n(Cc2ccc(Cl)cc2)c1=O. The molecule has 1 saturated carbocycles. The molecule has 0 radical (unpaired) electrons. The minimum Gasteiger partial charge on any atom is -0.481 e. The summed E-state index contributed by atoms with van der Waals surface area (Å²) in [6.45, 7) is -0.655. The normalized spacial score (nSPS) is 16.1. The number of carboxylic acids is 1. The van der Waals surface area contributed by atoms with Gasteiger partial charge in [0.2, 0.25) is 11.8 Å². The molecule has 2 aromatic heterocycles. The number of carbonyl (C=O) groups is 1. The van der Waals surface area contributed by atoms with Gasteiger partial charge in [-0.15, -0.1) is 0 Å². The van der Waals surface area contributed by atoms with Crippen LogP contribution in [-0.4, -0.2) is 30.2 Å². The molecule has 0 amide bonds. The number of rotatable bonds is 10. The Hall–Kier alpha value is -4.51. The fourth-order valence-electron chi connectivity index (χ4n) is 4.15. The molecule has 0 bridgehead atoms. The first-order valence-corrected chi connectivity index (χ1v) is 12.4. The fourth-order valence-corrected chi connectivity index (χ4v) is 4.27. The maximum atomic E-state index is 13.4. The molecule has 5 rings (SSSR count). The number of aliphatic carboxylic acids is 1. The van der Waals surface area contributed by atoms with Crippen LogP contribution in [0.3, 0.4) is 0 Å². The van der Waals surface area contributed by atoms with Crippen molar-refractivity contribution in [2.24, 2.45) is 11.8 Å². The zero-order valence-electron chi connectivity index (χ0n) is 20.5. The summed E-state index contributed by atoms with van der Waals surface area (Å²) in [6.07, 6.45) is 1.90. The first-order valence-electron chi connectivity index (χ1n) is 12.1. The first kappa shape index (κ1) is 26.1. The summed E-state index contributed by atoms with van der Waals surface area (Å²) in [5.41, 5.74) is 0.180. The third kappa shape index (κ3) is 5.99. The number of nitrogens with zero attached hydrogens (tertiary/aromatic N) is 4. The Morgan fingerprint density at radius 1 is 1.10 bits per heavy atom. The molecular weight excluding hydrogens is 529 g/mol. The average molecular weight is 552 g/mol. The van der Waals surface area contributed by atoms with E-state index in [1.807, 2.05) is 0 Å². The second-order valence-electron chi connectivity index (χ2n) is 9.12. The van der Waals surface area contributed by atoms with Crippen molar-refractivity contribution < 1.29 is 19.0 Å². The smallest absolute Gasteiger partial charge is 0.354 e. The number of hydrogen-bond acceptors (Lipinski definition) is 7. The van der Waals surface area contributed by atoms with Crippen LogP contribution in [0, 0.1) is 11.8 Å². The largest absolute Gasteiger partial charge is 0.481 e. The zero-order chi connectivity index (χ0) is 27.5. The van der Waals surface area contributed by atoms with Crippen LogP contribution in [0.4, 0.5) is 16.0 Å². The van der Waals surface area contributed by atoms with E-state index < -0.39 is 29.9 Å². The Kier molecular flexibility index (Phi) is 7.42. The Morgan fingerprint density at radius 3 is 2.51 bits per heavy atom. The highest BCUT2D eigenvalue weighted by Gasteiger charge is 2.43. The van der Waals surface area contributed by atoms with Gasteiger partial charge in [-0.2, -0.15) is 4.98 Å². The third-order valence-corrected chi connectivity index (χ3v) is 6.63. The van der Waals surface area contributed by atoms with Crippen LogP contribution in [-0.2, 0) is 24.6 Å². The van der Waals surface area contributed by atoms with Gasteiger partial charge in [0.25, 0.3) is 0 Å². The number of hydrogen-bond donors (Lipinski definition) is 2. The van der Waals surface area contributed by atoms with Crippen LogP contribution < -0.4 is 21.4 Å². The monoisotopic (exact) mass is 551 g/mol. The molecule has 0 aliphatic heterocycles. The third-order valence-electron chi connectivity index (χ3n) is 6.38. The summed E-state index contributed by atoms with van der Waals surface area (Å²) in [5.74, 6) is -1.25. The van der Waals surface area contributed by atoms with Gasteiger partial charge < -0.3 is 15.2 Å². The van der Waals surface area contributed by atoms with Crippen molar-refractivity contribution in [3.05, 3.63) is 104 Å². The molecule has 0 unspecified atom stereocenters. The van der Waals surface area contributed by atoms with Crippen molar-refractivity contribution in [2.75, 3.05) is 5.32 Å². The summed E-state index contributed by atoms with van der Waals surface area (Å²) < 4.78 is 21.2. The van der Waals surface area contributed by atoms with Gasteiger partial charge in [-0.3, -0.25) is 9.36 Å². The van der Waals surface area contributed by atoms with Gasteiger partial charge in [0.05, 0.1) is 12.5 Å². The van der Waals surface area contributed by atoms with E-state index in [0.717, 1.165) is 10.1 Å². The number of alkyl halides is 1. The van der Waals surface area contributed by atoms with Gasteiger partial charge in [0, 0.05) is 29.0 Å². The lowest BCUT2D eigenvalue weighted by atomic mass is 10.2. The van der Waals surface area contributed by atoms with Crippen molar-refractivity contribution in [3.8, 4) is 11.6 Å². The van der Waals surface area contributed by atoms with E-state index in [4.69, 9.17) is 16.3 Å². The van der Waals surface area contributed by atoms with Gasteiger partial charge in [0.15, 0.2) is 0 Å². The second kappa shape index (κ2) is 11.1. The summed E-state index contributed by atoms with van der Waals surface area (Å²) in [7, 11) is 0. The van der Waals surface area contributed by atoms with E-state index in [1.54, 1.807) is 60.7 Å². The Labute approximate surface area is 226 Å². The number of nitrogens with one attached hydrogen (secondary N) is 1. The predicted molar refractivity (Wildman–Crippen MR) is 141 cm³/mol. The number of benzene rings is 2. The van der Waals surface area contributed by atoms with Crippen LogP contribution in [0.15, 0.2) is 76.4 Å². The highest BCUT2D eigenvalue weighted by molar-refractivity contribution is 6.30. The Balaban J connectivity index is 1.43. The molecule has 1 fully saturated rings. The molecule has 39 heavy (non-hydrogen) atoms. The van der Waals surface area contributed by atoms with Crippen molar-refractivity contribution >= 4 is 29.2 Å². The van der Waals surface area contributed by atoms with E-state index in [1.165, 1.54) is 10.8 Å². The minimum absolute atomic E-state index is 0.0138. The lowest BCUT2D eigenvalue weighted by Gasteiger charge is -2.16. The van der Waals surface area contributed by atoms with Crippen molar-refractivity contribution in [1.82, 2.24) is 19.1 Å². The van der Waals surface area contributed by atoms with Crippen LogP contribution in [0.5, 0.6) is 11.6 Å². The molecule has 10 nitrogen and oxygen atoms in total. The van der Waals surface area contributed by atoms with Crippen LogP contribution in [0.2, 0.25) is 5.02 Å². The van der Waals surface area contributed by atoms with Crippen molar-refractivity contribution in [3.63, 3.8) is 0 Å². The predicted octanol–water partition coefficient (Wildman–Crippen LogP) is 4.23. The number of carboxylic acid groups (broad SMARTS) is 1. The van der Waals surface area contributed by atoms with Crippen molar-refractivity contribution in [2.45, 2.75) is 26.2 Å². The molecule has 0 spiro atoms. The second-order valence-corrected chi connectivity index (χ2v) is 9.55. The van der Waals surface area contributed by atoms with Gasteiger partial charge in [0.1, 0.15) is 12.4 Å².